The Labute approximate surface area is 187 Å². The number of rotatable bonds is 5. The van der Waals surface area contributed by atoms with E-state index < -0.39 is 0 Å². The third-order valence-electron chi connectivity index (χ3n) is 6.65. The maximum atomic E-state index is 13.1. The standard InChI is InChI=1S/C26H36N4O/c1-22(2)28-17-19-29(20-18-28)25-11-9-24(10-12-25)26(31)30-14-6-13-27(15-16-30)21-23-7-4-3-5-8-23/h3-5,7-12,22H,6,13-21H2,1-2H3. The van der Waals surface area contributed by atoms with Gasteiger partial charge in [-0.2, -0.15) is 0 Å². The maximum absolute atomic E-state index is 13.1. The van der Waals surface area contributed by atoms with E-state index in [0.29, 0.717) is 6.04 Å². The maximum Gasteiger partial charge on any atom is 0.253 e. The molecule has 0 aromatic heterocycles. The van der Waals surface area contributed by atoms with Crippen molar-refractivity contribution in [3.05, 3.63) is 65.7 Å². The third-order valence-corrected chi connectivity index (χ3v) is 6.65. The Morgan fingerprint density at radius 3 is 2.19 bits per heavy atom. The van der Waals surface area contributed by atoms with E-state index in [-0.39, 0.29) is 5.91 Å². The molecule has 0 atom stereocenters. The smallest absolute Gasteiger partial charge is 0.253 e. The fraction of sp³-hybridized carbons (Fsp3) is 0.500. The van der Waals surface area contributed by atoms with Crippen molar-refractivity contribution in [2.45, 2.75) is 32.9 Å². The lowest BCUT2D eigenvalue weighted by molar-refractivity contribution is 0.0761. The first-order valence-electron chi connectivity index (χ1n) is 11.7. The van der Waals surface area contributed by atoms with Crippen LogP contribution in [0.1, 0.15) is 36.2 Å². The van der Waals surface area contributed by atoms with E-state index in [1.54, 1.807) is 0 Å². The van der Waals surface area contributed by atoms with Crippen molar-refractivity contribution in [3.63, 3.8) is 0 Å². The Morgan fingerprint density at radius 2 is 1.52 bits per heavy atom. The molecular weight excluding hydrogens is 384 g/mol. The van der Waals surface area contributed by atoms with Gasteiger partial charge in [0.25, 0.3) is 5.91 Å². The van der Waals surface area contributed by atoms with Gasteiger partial charge in [-0.1, -0.05) is 30.3 Å². The van der Waals surface area contributed by atoms with Gasteiger partial charge >= 0.3 is 0 Å². The van der Waals surface area contributed by atoms with Gasteiger partial charge in [-0.15, -0.1) is 0 Å². The fourth-order valence-corrected chi connectivity index (χ4v) is 4.67. The molecule has 2 aliphatic heterocycles. The lowest BCUT2D eigenvalue weighted by Crippen LogP contribution is -2.48. The number of piperazine rings is 1. The zero-order valence-corrected chi connectivity index (χ0v) is 19.0. The first kappa shape index (κ1) is 21.8. The number of benzene rings is 2. The molecule has 2 saturated heterocycles. The van der Waals surface area contributed by atoms with Gasteiger partial charge in [0, 0.05) is 76.2 Å². The zero-order chi connectivity index (χ0) is 21.6. The van der Waals surface area contributed by atoms with Gasteiger partial charge in [0.1, 0.15) is 0 Å². The summed E-state index contributed by atoms with van der Waals surface area (Å²) in [7, 11) is 0. The lowest BCUT2D eigenvalue weighted by Gasteiger charge is -2.38. The molecule has 2 aromatic carbocycles. The fourth-order valence-electron chi connectivity index (χ4n) is 4.67. The highest BCUT2D eigenvalue weighted by Gasteiger charge is 2.22. The van der Waals surface area contributed by atoms with E-state index in [1.807, 2.05) is 17.0 Å². The number of hydrogen-bond acceptors (Lipinski definition) is 4. The average Bonchev–Trinajstić information content (AvgIpc) is 3.05. The van der Waals surface area contributed by atoms with E-state index in [2.05, 4.69) is 71.0 Å². The largest absolute Gasteiger partial charge is 0.369 e. The highest BCUT2D eigenvalue weighted by molar-refractivity contribution is 5.94. The minimum absolute atomic E-state index is 0.165. The summed E-state index contributed by atoms with van der Waals surface area (Å²) < 4.78 is 0. The second-order valence-corrected chi connectivity index (χ2v) is 9.07. The van der Waals surface area contributed by atoms with Crippen molar-refractivity contribution in [1.29, 1.82) is 0 Å². The highest BCUT2D eigenvalue weighted by Crippen LogP contribution is 2.19. The second-order valence-electron chi connectivity index (χ2n) is 9.07. The molecule has 2 fully saturated rings. The average molecular weight is 421 g/mol. The van der Waals surface area contributed by atoms with Crippen LogP contribution in [-0.4, -0.2) is 79.0 Å². The Balaban J connectivity index is 1.31. The van der Waals surface area contributed by atoms with Gasteiger partial charge in [-0.3, -0.25) is 14.6 Å². The monoisotopic (exact) mass is 420 g/mol. The topological polar surface area (TPSA) is 30.0 Å². The van der Waals surface area contributed by atoms with Crippen molar-refractivity contribution < 1.29 is 4.79 Å². The Kier molecular flexibility index (Phi) is 7.25. The summed E-state index contributed by atoms with van der Waals surface area (Å²) >= 11 is 0. The predicted octanol–water partition coefficient (Wildman–Crippen LogP) is 3.57. The van der Waals surface area contributed by atoms with Crippen molar-refractivity contribution >= 4 is 11.6 Å². The number of nitrogens with zero attached hydrogens (tertiary/aromatic N) is 4. The molecule has 2 aliphatic rings. The number of anilines is 1. The molecule has 4 rings (SSSR count). The molecule has 0 bridgehead atoms. The summed E-state index contributed by atoms with van der Waals surface area (Å²) in [5.74, 6) is 0.165. The van der Waals surface area contributed by atoms with Crippen LogP contribution in [0, 0.1) is 0 Å². The molecular formula is C26H36N4O. The molecule has 0 spiro atoms. The van der Waals surface area contributed by atoms with Gasteiger partial charge in [-0.05, 0) is 50.1 Å². The number of carbonyl (C=O) groups is 1. The van der Waals surface area contributed by atoms with E-state index >= 15 is 0 Å². The SMILES string of the molecule is CC(C)N1CCN(c2ccc(C(=O)N3CCCN(Cc4ccccc4)CC3)cc2)CC1. The van der Waals surface area contributed by atoms with Crippen molar-refractivity contribution in [2.24, 2.45) is 0 Å². The van der Waals surface area contributed by atoms with Crippen LogP contribution >= 0.6 is 0 Å². The predicted molar refractivity (Wildman–Crippen MR) is 128 cm³/mol. The zero-order valence-electron chi connectivity index (χ0n) is 19.0. The first-order valence-corrected chi connectivity index (χ1v) is 11.7. The van der Waals surface area contributed by atoms with Crippen LogP contribution in [0.3, 0.4) is 0 Å². The highest BCUT2D eigenvalue weighted by atomic mass is 16.2. The summed E-state index contributed by atoms with van der Waals surface area (Å²) in [6.45, 7) is 13.4. The van der Waals surface area contributed by atoms with Crippen LogP contribution < -0.4 is 4.90 Å². The van der Waals surface area contributed by atoms with Crippen LogP contribution in [0.2, 0.25) is 0 Å². The molecule has 1 amide bonds. The summed E-state index contributed by atoms with van der Waals surface area (Å²) in [6, 6.07) is 19.5. The molecule has 31 heavy (non-hydrogen) atoms. The van der Waals surface area contributed by atoms with Gasteiger partial charge in [-0.25, -0.2) is 0 Å². The Bertz CT molecular complexity index is 828. The quantitative estimate of drug-likeness (QED) is 0.740. The van der Waals surface area contributed by atoms with Crippen LogP contribution in [0.4, 0.5) is 5.69 Å². The van der Waals surface area contributed by atoms with E-state index in [9.17, 15) is 4.79 Å². The summed E-state index contributed by atoms with van der Waals surface area (Å²) in [5.41, 5.74) is 3.37. The Morgan fingerprint density at radius 1 is 0.806 bits per heavy atom. The second kappa shape index (κ2) is 10.3. The lowest BCUT2D eigenvalue weighted by atomic mass is 10.1. The molecule has 5 nitrogen and oxygen atoms in total. The van der Waals surface area contributed by atoms with Gasteiger partial charge < -0.3 is 9.80 Å². The molecule has 0 radical (unpaired) electrons. The first-order chi connectivity index (χ1) is 15.1. The van der Waals surface area contributed by atoms with Crippen LogP contribution in [0.25, 0.3) is 0 Å². The summed E-state index contributed by atoms with van der Waals surface area (Å²) in [4.78, 5) is 22.6. The minimum atomic E-state index is 0.165. The molecule has 166 valence electrons. The van der Waals surface area contributed by atoms with E-state index in [0.717, 1.165) is 70.9 Å². The van der Waals surface area contributed by atoms with Crippen LogP contribution in [-0.2, 0) is 6.54 Å². The van der Waals surface area contributed by atoms with Gasteiger partial charge in [0.15, 0.2) is 0 Å². The van der Waals surface area contributed by atoms with Crippen LogP contribution in [0.5, 0.6) is 0 Å². The van der Waals surface area contributed by atoms with Crippen molar-refractivity contribution in [2.75, 3.05) is 57.3 Å². The molecule has 0 aliphatic carbocycles. The van der Waals surface area contributed by atoms with E-state index in [1.165, 1.54) is 11.3 Å². The molecule has 0 saturated carbocycles. The van der Waals surface area contributed by atoms with E-state index in [4.69, 9.17) is 0 Å². The molecule has 0 N–H and O–H groups in total. The minimum Gasteiger partial charge on any atom is -0.369 e. The van der Waals surface area contributed by atoms with Gasteiger partial charge in [0.2, 0.25) is 0 Å². The Hall–Kier alpha value is -2.37. The third kappa shape index (κ3) is 5.66. The normalized spacial score (nSPS) is 18.9. The molecule has 5 heteroatoms. The number of hydrogen-bond donors (Lipinski definition) is 0. The number of amides is 1. The van der Waals surface area contributed by atoms with Crippen molar-refractivity contribution in [1.82, 2.24) is 14.7 Å². The molecule has 2 aromatic rings. The molecule has 2 heterocycles. The molecule has 0 unspecified atom stereocenters. The number of carbonyl (C=O) groups excluding carboxylic acids is 1. The summed E-state index contributed by atoms with van der Waals surface area (Å²) in [5, 5.41) is 0. The van der Waals surface area contributed by atoms with Crippen molar-refractivity contribution in [3.8, 4) is 0 Å². The van der Waals surface area contributed by atoms with Crippen LogP contribution in [0.15, 0.2) is 54.6 Å². The summed E-state index contributed by atoms with van der Waals surface area (Å²) in [6.07, 6.45) is 1.02. The van der Waals surface area contributed by atoms with Gasteiger partial charge in [0.05, 0.1) is 0 Å².